The summed E-state index contributed by atoms with van der Waals surface area (Å²) in [7, 11) is 1.62. The third kappa shape index (κ3) is 3.54. The van der Waals surface area contributed by atoms with Crippen LogP contribution in [0, 0.1) is 0 Å². The van der Waals surface area contributed by atoms with Crippen LogP contribution >= 0.6 is 0 Å². The van der Waals surface area contributed by atoms with Crippen LogP contribution in [0.1, 0.15) is 49.2 Å². The molecule has 1 aliphatic rings. The zero-order valence-electron chi connectivity index (χ0n) is 15.1. The Morgan fingerprint density at radius 1 is 1.36 bits per heavy atom. The van der Waals surface area contributed by atoms with Gasteiger partial charge < -0.3 is 14.7 Å². The van der Waals surface area contributed by atoms with E-state index in [0.29, 0.717) is 18.5 Å². The Balaban J connectivity index is 1.88. The van der Waals surface area contributed by atoms with E-state index < -0.39 is 6.10 Å². The quantitative estimate of drug-likeness (QED) is 0.930. The van der Waals surface area contributed by atoms with Crippen molar-refractivity contribution >= 4 is 5.91 Å². The molecule has 1 aliphatic heterocycles. The van der Waals surface area contributed by atoms with Gasteiger partial charge in [0.2, 0.25) is 0 Å². The Bertz CT molecular complexity index is 763. The molecule has 1 fully saturated rings. The summed E-state index contributed by atoms with van der Waals surface area (Å²) < 4.78 is 7.07. The Labute approximate surface area is 148 Å². The van der Waals surface area contributed by atoms with Crippen molar-refractivity contribution < 1.29 is 14.6 Å². The van der Waals surface area contributed by atoms with Crippen molar-refractivity contribution in [2.24, 2.45) is 0 Å². The predicted molar refractivity (Wildman–Crippen MR) is 94.6 cm³/mol. The summed E-state index contributed by atoms with van der Waals surface area (Å²) >= 11 is 0. The van der Waals surface area contributed by atoms with Gasteiger partial charge in [0.15, 0.2) is 0 Å². The first-order valence-electron chi connectivity index (χ1n) is 8.47. The normalized spacial score (nSPS) is 20.8. The van der Waals surface area contributed by atoms with Crippen LogP contribution in [-0.4, -0.2) is 45.5 Å². The molecule has 0 radical (unpaired) electrons. The number of aliphatic hydroxyl groups excluding tert-OH is 1. The van der Waals surface area contributed by atoms with Gasteiger partial charge in [0, 0.05) is 12.7 Å². The highest BCUT2D eigenvalue weighted by molar-refractivity contribution is 5.94. The maximum atomic E-state index is 13.0. The maximum Gasteiger partial charge on any atom is 0.257 e. The van der Waals surface area contributed by atoms with Crippen LogP contribution in [0.2, 0.25) is 0 Å². The van der Waals surface area contributed by atoms with E-state index in [1.165, 1.54) is 0 Å². The van der Waals surface area contributed by atoms with Gasteiger partial charge in [0.25, 0.3) is 5.91 Å². The number of hydrogen-bond donors (Lipinski definition) is 1. The number of methoxy groups -OCH3 is 1. The lowest BCUT2D eigenvalue weighted by Gasteiger charge is -2.24. The summed E-state index contributed by atoms with van der Waals surface area (Å²) in [6.45, 7) is 6.42. The number of aromatic nitrogens is 2. The molecule has 2 atom stereocenters. The molecule has 1 N–H and O–H groups in total. The Morgan fingerprint density at radius 3 is 2.76 bits per heavy atom. The van der Waals surface area contributed by atoms with Gasteiger partial charge in [-0.3, -0.25) is 9.48 Å². The highest BCUT2D eigenvalue weighted by atomic mass is 16.5. The van der Waals surface area contributed by atoms with E-state index in [1.54, 1.807) is 29.1 Å². The molecule has 2 unspecified atom stereocenters. The van der Waals surface area contributed by atoms with Gasteiger partial charge in [-0.1, -0.05) is 12.1 Å². The molecule has 6 nitrogen and oxygen atoms in total. The predicted octanol–water partition coefficient (Wildman–Crippen LogP) is 2.59. The molecule has 0 saturated carbocycles. The molecule has 0 bridgehead atoms. The van der Waals surface area contributed by atoms with Gasteiger partial charge in [-0.25, -0.2) is 0 Å². The molecule has 3 rings (SSSR count). The largest absolute Gasteiger partial charge is 0.497 e. The molecule has 25 heavy (non-hydrogen) atoms. The van der Waals surface area contributed by atoms with E-state index in [4.69, 9.17) is 4.74 Å². The van der Waals surface area contributed by atoms with Crippen molar-refractivity contribution in [1.29, 1.82) is 0 Å². The fourth-order valence-corrected chi connectivity index (χ4v) is 3.17. The van der Waals surface area contributed by atoms with Gasteiger partial charge in [0.05, 0.1) is 36.6 Å². The molecule has 2 aromatic rings. The number of benzene rings is 1. The van der Waals surface area contributed by atoms with Gasteiger partial charge in [-0.2, -0.15) is 5.10 Å². The van der Waals surface area contributed by atoms with Crippen molar-refractivity contribution in [2.45, 2.75) is 44.9 Å². The highest BCUT2D eigenvalue weighted by Crippen LogP contribution is 2.34. The van der Waals surface area contributed by atoms with Gasteiger partial charge >= 0.3 is 0 Å². The molecule has 1 aromatic heterocycles. The van der Waals surface area contributed by atoms with Crippen molar-refractivity contribution in [2.75, 3.05) is 13.7 Å². The molecule has 1 aromatic carbocycles. The summed E-state index contributed by atoms with van der Waals surface area (Å²) in [5.41, 5.74) is 1.32. The van der Waals surface area contributed by atoms with Crippen LogP contribution in [0.25, 0.3) is 0 Å². The summed E-state index contributed by atoms with van der Waals surface area (Å²) in [4.78, 5) is 14.7. The fourth-order valence-electron chi connectivity index (χ4n) is 3.17. The van der Waals surface area contributed by atoms with Gasteiger partial charge in [0.1, 0.15) is 5.75 Å². The van der Waals surface area contributed by atoms with Crippen molar-refractivity contribution in [1.82, 2.24) is 14.7 Å². The minimum Gasteiger partial charge on any atom is -0.497 e. The van der Waals surface area contributed by atoms with E-state index in [9.17, 15) is 9.90 Å². The number of carbonyl (C=O) groups is 1. The minimum absolute atomic E-state index is 0.111. The number of likely N-dealkylation sites (tertiary alicyclic amines) is 1. The molecule has 6 heteroatoms. The summed E-state index contributed by atoms with van der Waals surface area (Å²) in [6, 6.07) is 7.48. The Hall–Kier alpha value is -2.34. The Morgan fingerprint density at radius 2 is 2.12 bits per heavy atom. The van der Waals surface area contributed by atoms with E-state index in [2.05, 4.69) is 5.10 Å². The third-order valence-electron chi connectivity index (χ3n) is 4.54. The first-order chi connectivity index (χ1) is 11.8. The smallest absolute Gasteiger partial charge is 0.257 e. The fraction of sp³-hybridized carbons (Fsp3) is 0.474. The molecule has 1 saturated heterocycles. The second kappa shape index (κ2) is 6.52. The number of β-amino-alcohol motifs (C(OH)–C–C–N with tert-alkyl or cyclic N) is 1. The lowest BCUT2D eigenvalue weighted by atomic mass is 10.0. The maximum absolute atomic E-state index is 13.0. The van der Waals surface area contributed by atoms with Crippen LogP contribution in [0.5, 0.6) is 5.75 Å². The molecule has 134 valence electrons. The number of aliphatic hydroxyl groups is 1. The molecule has 0 spiro atoms. The number of carbonyl (C=O) groups excluding carboxylic acids is 1. The topological polar surface area (TPSA) is 67.6 Å². The van der Waals surface area contributed by atoms with Crippen LogP contribution in [0.3, 0.4) is 0 Å². The van der Waals surface area contributed by atoms with Gasteiger partial charge in [-0.15, -0.1) is 0 Å². The first-order valence-corrected chi connectivity index (χ1v) is 8.47. The highest BCUT2D eigenvalue weighted by Gasteiger charge is 2.36. The van der Waals surface area contributed by atoms with Crippen molar-refractivity contribution in [3.05, 3.63) is 47.8 Å². The van der Waals surface area contributed by atoms with Crippen LogP contribution < -0.4 is 4.74 Å². The molecule has 2 heterocycles. The number of nitrogens with zero attached hydrogens (tertiary/aromatic N) is 3. The van der Waals surface area contributed by atoms with E-state index >= 15 is 0 Å². The molecule has 1 amide bonds. The van der Waals surface area contributed by atoms with Crippen molar-refractivity contribution in [3.63, 3.8) is 0 Å². The molecular weight excluding hydrogens is 318 g/mol. The van der Waals surface area contributed by atoms with E-state index in [-0.39, 0.29) is 17.5 Å². The average Bonchev–Trinajstić information content (AvgIpc) is 3.21. The van der Waals surface area contributed by atoms with Crippen LogP contribution in [0.15, 0.2) is 36.7 Å². The van der Waals surface area contributed by atoms with E-state index in [1.807, 2.05) is 45.0 Å². The lowest BCUT2D eigenvalue weighted by Crippen LogP contribution is -2.31. The molecule has 0 aliphatic carbocycles. The average molecular weight is 343 g/mol. The van der Waals surface area contributed by atoms with Gasteiger partial charge in [-0.05, 0) is 44.9 Å². The number of rotatable bonds is 3. The number of amides is 1. The molecular formula is C19H25N3O3. The van der Waals surface area contributed by atoms with Crippen LogP contribution in [0.4, 0.5) is 0 Å². The first kappa shape index (κ1) is 17.5. The number of ether oxygens (including phenoxy) is 1. The van der Waals surface area contributed by atoms with E-state index in [0.717, 1.165) is 11.3 Å². The lowest BCUT2D eigenvalue weighted by molar-refractivity contribution is 0.0715. The second-order valence-corrected chi connectivity index (χ2v) is 7.48. The van der Waals surface area contributed by atoms with Crippen LogP contribution in [-0.2, 0) is 5.54 Å². The summed E-state index contributed by atoms with van der Waals surface area (Å²) in [6.07, 6.45) is 3.36. The summed E-state index contributed by atoms with van der Waals surface area (Å²) in [5, 5.41) is 14.5. The second-order valence-electron chi connectivity index (χ2n) is 7.48. The third-order valence-corrected chi connectivity index (χ3v) is 4.54. The standard InChI is InChI=1S/C19H25N3O3/c1-19(2,3)22-11-14(10-20-22)18(24)21-12-15(23)9-17(21)13-6-5-7-16(8-13)25-4/h5-8,10-11,15,17,23H,9,12H2,1-4H3. The Kier molecular flexibility index (Phi) is 4.56. The minimum atomic E-state index is -0.530. The van der Waals surface area contributed by atoms with Crippen molar-refractivity contribution in [3.8, 4) is 5.75 Å². The number of hydrogen-bond acceptors (Lipinski definition) is 4. The SMILES string of the molecule is COc1cccc(C2CC(O)CN2C(=O)c2cnn(C(C)(C)C)c2)c1. The zero-order valence-corrected chi connectivity index (χ0v) is 15.1. The zero-order chi connectivity index (χ0) is 18.2. The summed E-state index contributed by atoms with van der Waals surface area (Å²) in [5.74, 6) is 0.631. The monoisotopic (exact) mass is 343 g/mol.